The largest absolute Gasteiger partial charge is 0.504 e. The molecule has 0 radical (unpaired) electrons. The number of fused-ring (bicyclic) bond motifs is 1. The molecule has 0 saturated heterocycles. The predicted molar refractivity (Wildman–Crippen MR) is 64.1 cm³/mol. The molecular weight excluding hydrogens is 276 g/mol. The Morgan fingerprint density at radius 1 is 1.00 bits per heavy atom. The molecule has 0 aliphatic heterocycles. The lowest BCUT2D eigenvalue weighted by Crippen LogP contribution is -2.09. The summed E-state index contributed by atoms with van der Waals surface area (Å²) in [4.78, 5) is 10.1. The van der Waals surface area contributed by atoms with Crippen molar-refractivity contribution in [3.8, 4) is 11.5 Å². The zero-order valence-corrected chi connectivity index (χ0v) is 10.0. The first-order valence-corrected chi connectivity index (χ1v) is 6.36. The topological polar surface area (TPSA) is 132 Å². The van der Waals surface area contributed by atoms with Crippen LogP contribution in [0.4, 0.5) is 0 Å². The second kappa shape index (κ2) is 4.11. The van der Waals surface area contributed by atoms with E-state index in [1.807, 2.05) is 0 Å². The molecule has 0 heterocycles. The van der Waals surface area contributed by atoms with E-state index in [0.29, 0.717) is 0 Å². The molecule has 0 unspecified atom stereocenters. The maximum atomic E-state index is 11.3. The Kier molecular flexibility index (Phi) is 2.84. The van der Waals surface area contributed by atoms with Crippen molar-refractivity contribution in [2.24, 2.45) is 0 Å². The third-order valence-corrected chi connectivity index (χ3v) is 3.53. The summed E-state index contributed by atoms with van der Waals surface area (Å²) < 4.78 is 31.8. The summed E-state index contributed by atoms with van der Waals surface area (Å²) in [5.74, 6) is -3.66. The van der Waals surface area contributed by atoms with Gasteiger partial charge in [0.2, 0.25) is 0 Å². The van der Waals surface area contributed by atoms with Crippen LogP contribution in [0.5, 0.6) is 11.5 Å². The van der Waals surface area contributed by atoms with Gasteiger partial charge >= 0.3 is 5.97 Å². The van der Waals surface area contributed by atoms with Gasteiger partial charge in [0.1, 0.15) is 10.5 Å². The van der Waals surface area contributed by atoms with E-state index < -0.39 is 38.0 Å². The van der Waals surface area contributed by atoms with Crippen molar-refractivity contribution in [2.45, 2.75) is 4.90 Å². The van der Waals surface area contributed by atoms with Crippen molar-refractivity contribution in [2.75, 3.05) is 0 Å². The molecular formula is C11H8O7S. The quantitative estimate of drug-likeness (QED) is 0.481. The van der Waals surface area contributed by atoms with Gasteiger partial charge in [0.05, 0.1) is 0 Å². The maximum absolute atomic E-state index is 11.3. The number of hydrogen-bond acceptors (Lipinski definition) is 5. The van der Waals surface area contributed by atoms with Crippen molar-refractivity contribution in [3.05, 3.63) is 29.8 Å². The number of phenolic OH excluding ortho intramolecular Hbond substituents is 1. The number of aromatic hydroxyl groups is 2. The Morgan fingerprint density at radius 2 is 1.53 bits per heavy atom. The number of aromatic carboxylic acids is 1. The van der Waals surface area contributed by atoms with E-state index in [9.17, 15) is 23.4 Å². The van der Waals surface area contributed by atoms with Crippen molar-refractivity contribution >= 4 is 26.9 Å². The highest BCUT2D eigenvalue weighted by Crippen LogP contribution is 2.42. The fourth-order valence-corrected chi connectivity index (χ4v) is 2.74. The van der Waals surface area contributed by atoms with Crippen LogP contribution in [0.1, 0.15) is 10.4 Å². The van der Waals surface area contributed by atoms with Crippen LogP contribution < -0.4 is 0 Å². The molecule has 19 heavy (non-hydrogen) atoms. The number of phenols is 2. The van der Waals surface area contributed by atoms with Gasteiger partial charge in [-0.3, -0.25) is 4.55 Å². The van der Waals surface area contributed by atoms with Crippen molar-refractivity contribution < 1.29 is 33.1 Å². The van der Waals surface area contributed by atoms with E-state index in [1.54, 1.807) is 0 Å². The second-order valence-corrected chi connectivity index (χ2v) is 5.09. The van der Waals surface area contributed by atoms with Crippen LogP contribution in [0.3, 0.4) is 0 Å². The Balaban J connectivity index is 3.18. The standard InChI is InChI=1S/C11H8O7S/c12-8-5-3-1-2-4-6(5)10(19(16,17)18)7(9(8)13)11(14)15/h1-4,12-13H,(H,14,15)(H,16,17,18). The number of carboxylic acid groups (broad SMARTS) is 1. The molecule has 0 aliphatic rings. The maximum Gasteiger partial charge on any atom is 0.341 e. The number of carboxylic acids is 1. The SMILES string of the molecule is O=C(O)c1c(O)c(O)c2ccccc2c1S(=O)(=O)O. The van der Waals surface area contributed by atoms with Gasteiger partial charge in [-0.2, -0.15) is 8.42 Å². The molecule has 0 atom stereocenters. The van der Waals surface area contributed by atoms with Gasteiger partial charge < -0.3 is 15.3 Å². The normalized spacial score (nSPS) is 11.6. The first-order chi connectivity index (χ1) is 8.75. The number of carbonyl (C=O) groups is 1. The highest BCUT2D eigenvalue weighted by Gasteiger charge is 2.30. The van der Waals surface area contributed by atoms with Gasteiger partial charge in [0, 0.05) is 10.8 Å². The van der Waals surface area contributed by atoms with Gasteiger partial charge in [0.15, 0.2) is 11.5 Å². The first-order valence-electron chi connectivity index (χ1n) is 4.92. The van der Waals surface area contributed by atoms with Crippen LogP contribution in [-0.2, 0) is 10.1 Å². The molecule has 0 amide bonds. The van der Waals surface area contributed by atoms with Gasteiger partial charge in [-0.1, -0.05) is 24.3 Å². The molecule has 2 rings (SSSR count). The summed E-state index contributed by atoms with van der Waals surface area (Å²) in [7, 11) is -4.90. The van der Waals surface area contributed by atoms with Gasteiger partial charge in [-0.25, -0.2) is 4.79 Å². The third kappa shape index (κ3) is 1.96. The predicted octanol–water partition coefficient (Wildman–Crippen LogP) is 1.20. The summed E-state index contributed by atoms with van der Waals surface area (Å²) in [6.07, 6.45) is 0. The van der Waals surface area contributed by atoms with E-state index in [4.69, 9.17) is 9.66 Å². The molecule has 4 N–H and O–H groups in total. The Hall–Kier alpha value is -2.32. The summed E-state index contributed by atoms with van der Waals surface area (Å²) >= 11 is 0. The van der Waals surface area contributed by atoms with E-state index >= 15 is 0 Å². The second-order valence-electron chi connectivity index (χ2n) is 3.73. The molecule has 7 nitrogen and oxygen atoms in total. The number of benzene rings is 2. The van der Waals surface area contributed by atoms with Gasteiger partial charge in [-0.05, 0) is 0 Å². The lowest BCUT2D eigenvalue weighted by molar-refractivity contribution is 0.0688. The number of hydrogen-bond donors (Lipinski definition) is 4. The van der Waals surface area contributed by atoms with Gasteiger partial charge in [0.25, 0.3) is 10.1 Å². The van der Waals surface area contributed by atoms with Gasteiger partial charge in [-0.15, -0.1) is 0 Å². The molecule has 100 valence electrons. The summed E-state index contributed by atoms with van der Waals surface area (Å²) in [5.41, 5.74) is -1.07. The fourth-order valence-electron chi connectivity index (χ4n) is 1.84. The minimum atomic E-state index is -4.90. The molecule has 2 aromatic rings. The average Bonchev–Trinajstić information content (AvgIpc) is 2.31. The molecule has 0 aromatic heterocycles. The highest BCUT2D eigenvalue weighted by atomic mass is 32.2. The smallest absolute Gasteiger partial charge is 0.341 e. The minimum Gasteiger partial charge on any atom is -0.504 e. The van der Waals surface area contributed by atoms with Crippen molar-refractivity contribution in [3.63, 3.8) is 0 Å². The van der Waals surface area contributed by atoms with Crippen LogP contribution in [0.25, 0.3) is 10.8 Å². The lowest BCUT2D eigenvalue weighted by Gasteiger charge is -2.11. The molecule has 0 aliphatic carbocycles. The molecule has 0 spiro atoms. The monoisotopic (exact) mass is 284 g/mol. The van der Waals surface area contributed by atoms with Crippen LogP contribution in [-0.4, -0.2) is 34.3 Å². The van der Waals surface area contributed by atoms with E-state index in [1.165, 1.54) is 24.3 Å². The summed E-state index contributed by atoms with van der Waals surface area (Å²) in [5, 5.41) is 28.0. The number of rotatable bonds is 2. The average molecular weight is 284 g/mol. The molecule has 8 heteroatoms. The first kappa shape index (κ1) is 13.1. The van der Waals surface area contributed by atoms with E-state index in [-0.39, 0.29) is 10.8 Å². The molecule has 2 aromatic carbocycles. The molecule has 0 saturated carbocycles. The fraction of sp³-hybridized carbons (Fsp3) is 0. The van der Waals surface area contributed by atoms with Crippen LogP contribution >= 0.6 is 0 Å². The zero-order valence-electron chi connectivity index (χ0n) is 9.23. The third-order valence-electron chi connectivity index (χ3n) is 2.59. The summed E-state index contributed by atoms with van der Waals surface area (Å²) in [6.45, 7) is 0. The zero-order chi connectivity index (χ0) is 14.4. The molecule has 0 bridgehead atoms. The summed E-state index contributed by atoms with van der Waals surface area (Å²) in [6, 6.07) is 5.35. The van der Waals surface area contributed by atoms with Crippen molar-refractivity contribution in [1.29, 1.82) is 0 Å². The van der Waals surface area contributed by atoms with Crippen LogP contribution in [0.2, 0.25) is 0 Å². The van der Waals surface area contributed by atoms with E-state index in [2.05, 4.69) is 0 Å². The molecule has 0 fully saturated rings. The highest BCUT2D eigenvalue weighted by molar-refractivity contribution is 7.86. The Labute approximate surface area is 107 Å². The Bertz CT molecular complexity index is 792. The minimum absolute atomic E-state index is 0.0855. The van der Waals surface area contributed by atoms with Crippen LogP contribution in [0.15, 0.2) is 29.2 Å². The van der Waals surface area contributed by atoms with E-state index in [0.717, 1.165) is 0 Å². The van der Waals surface area contributed by atoms with Crippen LogP contribution in [0, 0.1) is 0 Å². The Morgan fingerprint density at radius 3 is 2.00 bits per heavy atom. The lowest BCUT2D eigenvalue weighted by atomic mass is 10.0. The van der Waals surface area contributed by atoms with Crippen molar-refractivity contribution in [1.82, 2.24) is 0 Å².